The number of aromatic nitrogens is 3. The van der Waals surface area contributed by atoms with Crippen molar-refractivity contribution in [3.05, 3.63) is 155 Å². The van der Waals surface area contributed by atoms with Gasteiger partial charge in [0.15, 0.2) is 11.2 Å². The zero-order chi connectivity index (χ0) is 34.2. The minimum atomic E-state index is -1.06. The fourth-order valence-corrected chi connectivity index (χ4v) is 7.98. The van der Waals surface area contributed by atoms with E-state index in [9.17, 15) is 4.79 Å². The number of benzene rings is 4. The van der Waals surface area contributed by atoms with E-state index >= 15 is 0 Å². The second-order valence-corrected chi connectivity index (χ2v) is 14.3. The van der Waals surface area contributed by atoms with Crippen LogP contribution < -0.4 is 4.74 Å². The van der Waals surface area contributed by atoms with Gasteiger partial charge in [0.05, 0.1) is 28.9 Å². The monoisotopic (exact) mass is 693 g/mol. The molecule has 8 heteroatoms. The van der Waals surface area contributed by atoms with E-state index in [1.807, 2.05) is 92.7 Å². The Bertz CT molecular complexity index is 2360. The average Bonchev–Trinajstić information content (AvgIpc) is 3.79. The maximum absolute atomic E-state index is 12.8. The number of allylic oxidation sites excluding steroid dienone is 2. The van der Waals surface area contributed by atoms with Gasteiger partial charge in [0.2, 0.25) is 0 Å². The van der Waals surface area contributed by atoms with Crippen molar-refractivity contribution in [2.45, 2.75) is 32.2 Å². The van der Waals surface area contributed by atoms with Crippen LogP contribution in [0.1, 0.15) is 41.9 Å². The number of nitrogens with one attached hydrogen (secondary N) is 1. The molecule has 0 saturated carbocycles. The van der Waals surface area contributed by atoms with Crippen molar-refractivity contribution in [1.29, 1.82) is 0 Å². The van der Waals surface area contributed by atoms with Gasteiger partial charge in [-0.15, -0.1) is 24.0 Å². The van der Waals surface area contributed by atoms with Gasteiger partial charge in [0, 0.05) is 32.4 Å². The SMILES string of the molecule is CC(Oc1ccccc1C1(OCc2ccc3ccccc3n2)C=CC(C(C)C(=O)S)C(c2cc3ccccc3s2)=C1)c1nc2ccccc2[nH]1. The number of imidazole rings is 1. The number of fused-ring (bicyclic) bond motifs is 3. The molecule has 3 aromatic heterocycles. The number of carbonyl (C=O) groups is 1. The standard InChI is InChI=1S/C42H35N3O3S2/c1-26(41(46)49)31-21-22-42(24-32(31)39-23-29-12-4-10-18-38(29)50-39,47-25-30-20-19-28-11-3-6-14-34(28)43-30)33-13-5-9-17-37(33)48-27(2)40-44-35-15-7-8-16-36(35)45-40/h3-24,26-27,31H,25H2,1-2H3,(H,44,45)(H,46,49). The number of hydrogen-bond acceptors (Lipinski definition) is 6. The summed E-state index contributed by atoms with van der Waals surface area (Å²) in [6.45, 7) is 4.17. The summed E-state index contributed by atoms with van der Waals surface area (Å²) in [5.41, 5.74) is 4.35. The Kier molecular flexibility index (Phi) is 8.60. The molecule has 4 atom stereocenters. The van der Waals surface area contributed by atoms with Gasteiger partial charge in [0.1, 0.15) is 17.2 Å². The maximum atomic E-state index is 12.8. The van der Waals surface area contributed by atoms with Gasteiger partial charge in [-0.05, 0) is 72.5 Å². The molecule has 1 aliphatic rings. The molecule has 1 N–H and O–H groups in total. The number of rotatable bonds is 10. The predicted molar refractivity (Wildman–Crippen MR) is 205 cm³/mol. The summed E-state index contributed by atoms with van der Waals surface area (Å²) < 4.78 is 15.0. The molecule has 0 saturated heterocycles. The van der Waals surface area contributed by atoms with Gasteiger partial charge in [-0.3, -0.25) is 9.78 Å². The second kappa shape index (κ2) is 13.4. The average molecular weight is 694 g/mol. The van der Waals surface area contributed by atoms with E-state index < -0.39 is 5.60 Å². The molecule has 0 spiro atoms. The summed E-state index contributed by atoms with van der Waals surface area (Å²) in [5.74, 6) is 0.843. The summed E-state index contributed by atoms with van der Waals surface area (Å²) in [4.78, 5) is 27.0. The summed E-state index contributed by atoms with van der Waals surface area (Å²) in [6.07, 6.45) is 5.96. The van der Waals surface area contributed by atoms with E-state index in [2.05, 4.69) is 72.2 Å². The van der Waals surface area contributed by atoms with E-state index in [4.69, 9.17) is 19.4 Å². The lowest BCUT2D eigenvalue weighted by Crippen LogP contribution is -2.31. The first kappa shape index (κ1) is 32.2. The van der Waals surface area contributed by atoms with Crippen molar-refractivity contribution in [2.75, 3.05) is 0 Å². The molecule has 0 radical (unpaired) electrons. The smallest absolute Gasteiger partial charge is 0.189 e. The zero-order valence-corrected chi connectivity index (χ0v) is 29.3. The molecule has 0 amide bonds. The van der Waals surface area contributed by atoms with Gasteiger partial charge < -0.3 is 14.5 Å². The number of aromatic amines is 1. The Morgan fingerprint density at radius 2 is 1.62 bits per heavy atom. The van der Waals surface area contributed by atoms with E-state index in [1.165, 1.54) is 4.70 Å². The minimum absolute atomic E-state index is 0.163. The third kappa shape index (κ3) is 6.15. The Morgan fingerprint density at radius 3 is 2.44 bits per heavy atom. The fraction of sp³-hybridized carbons (Fsp3) is 0.167. The number of ether oxygens (including phenoxy) is 2. The number of thiophene rings is 1. The lowest BCUT2D eigenvalue weighted by molar-refractivity contribution is -0.114. The lowest BCUT2D eigenvalue weighted by Gasteiger charge is -2.36. The van der Waals surface area contributed by atoms with Crippen molar-refractivity contribution in [1.82, 2.24) is 15.0 Å². The highest BCUT2D eigenvalue weighted by molar-refractivity contribution is 7.96. The van der Waals surface area contributed by atoms with Crippen LogP contribution in [0.15, 0.2) is 133 Å². The molecule has 0 bridgehead atoms. The van der Waals surface area contributed by atoms with E-state index in [0.717, 1.165) is 54.9 Å². The number of hydrogen-bond donors (Lipinski definition) is 2. The summed E-state index contributed by atoms with van der Waals surface area (Å²) in [7, 11) is 0. The van der Waals surface area contributed by atoms with Crippen molar-refractivity contribution in [2.24, 2.45) is 11.8 Å². The second-order valence-electron chi connectivity index (χ2n) is 12.7. The maximum Gasteiger partial charge on any atom is 0.189 e. The Balaban J connectivity index is 1.25. The quantitative estimate of drug-likeness (QED) is 0.110. The third-order valence-electron chi connectivity index (χ3n) is 9.44. The Labute approximate surface area is 299 Å². The number of carbonyl (C=O) groups excluding carboxylic acids is 1. The van der Waals surface area contributed by atoms with Crippen LogP contribution in [0.2, 0.25) is 0 Å². The highest BCUT2D eigenvalue weighted by Crippen LogP contribution is 2.48. The number of nitrogens with zero attached hydrogens (tertiary/aromatic N) is 2. The van der Waals surface area contributed by atoms with E-state index in [0.29, 0.717) is 5.75 Å². The van der Waals surface area contributed by atoms with E-state index in [1.54, 1.807) is 11.3 Å². The number of thiol groups is 1. The van der Waals surface area contributed by atoms with Crippen LogP contribution in [0.4, 0.5) is 0 Å². The molecule has 7 aromatic rings. The molecular weight excluding hydrogens is 659 g/mol. The van der Waals surface area contributed by atoms with Crippen molar-refractivity contribution < 1.29 is 14.3 Å². The molecule has 8 rings (SSSR count). The van der Waals surface area contributed by atoms with Crippen LogP contribution in [0.25, 0.3) is 37.6 Å². The van der Waals surface area contributed by atoms with Crippen molar-refractivity contribution in [3.8, 4) is 5.75 Å². The van der Waals surface area contributed by atoms with Gasteiger partial charge in [-0.25, -0.2) is 4.98 Å². The molecule has 3 heterocycles. The highest BCUT2D eigenvalue weighted by Gasteiger charge is 2.39. The van der Waals surface area contributed by atoms with Crippen LogP contribution in [-0.2, 0) is 21.7 Å². The first-order chi connectivity index (χ1) is 24.4. The van der Waals surface area contributed by atoms with Gasteiger partial charge >= 0.3 is 0 Å². The normalized spacial score (nSPS) is 18.7. The van der Waals surface area contributed by atoms with Gasteiger partial charge in [-0.2, -0.15) is 0 Å². The molecular formula is C42H35N3O3S2. The molecule has 6 nitrogen and oxygen atoms in total. The molecule has 4 unspecified atom stereocenters. The summed E-state index contributed by atoms with van der Waals surface area (Å²) in [6, 6.07) is 38.7. The van der Waals surface area contributed by atoms with Gasteiger partial charge in [0.25, 0.3) is 0 Å². The van der Waals surface area contributed by atoms with Crippen LogP contribution in [0.3, 0.4) is 0 Å². The van der Waals surface area contributed by atoms with Crippen molar-refractivity contribution >= 4 is 66.7 Å². The number of H-pyrrole nitrogens is 1. The molecule has 50 heavy (non-hydrogen) atoms. The zero-order valence-electron chi connectivity index (χ0n) is 27.6. The highest BCUT2D eigenvalue weighted by atomic mass is 32.1. The number of para-hydroxylation sites is 4. The summed E-state index contributed by atoms with van der Waals surface area (Å²) >= 11 is 5.99. The molecule has 0 aliphatic heterocycles. The molecule has 248 valence electrons. The molecule has 0 fully saturated rings. The Morgan fingerprint density at radius 1 is 0.880 bits per heavy atom. The molecule has 4 aromatic carbocycles. The summed E-state index contributed by atoms with van der Waals surface area (Å²) in [5, 5.41) is 2.06. The van der Waals surface area contributed by atoms with E-state index in [-0.39, 0.29) is 29.7 Å². The van der Waals surface area contributed by atoms with Gasteiger partial charge in [-0.1, -0.05) is 85.8 Å². The lowest BCUT2D eigenvalue weighted by atomic mass is 9.76. The predicted octanol–water partition coefficient (Wildman–Crippen LogP) is 10.2. The van der Waals surface area contributed by atoms with Crippen LogP contribution in [0, 0.1) is 11.8 Å². The first-order valence-corrected chi connectivity index (χ1v) is 18.0. The molecule has 1 aliphatic carbocycles. The topological polar surface area (TPSA) is 77.1 Å². The fourth-order valence-electron chi connectivity index (χ4n) is 6.70. The Hall–Kier alpha value is -5.02. The van der Waals surface area contributed by atoms with Crippen LogP contribution >= 0.6 is 24.0 Å². The third-order valence-corrected chi connectivity index (χ3v) is 11.0. The largest absolute Gasteiger partial charge is 0.482 e. The van der Waals surface area contributed by atoms with Crippen LogP contribution in [0.5, 0.6) is 5.75 Å². The number of pyridine rings is 1. The van der Waals surface area contributed by atoms with Crippen LogP contribution in [-0.4, -0.2) is 20.1 Å². The minimum Gasteiger partial charge on any atom is -0.482 e. The van der Waals surface area contributed by atoms with Crippen molar-refractivity contribution in [3.63, 3.8) is 0 Å². The first-order valence-electron chi connectivity index (χ1n) is 16.7.